The lowest BCUT2D eigenvalue weighted by Crippen LogP contribution is -2.41. The molecule has 0 spiro atoms. The Morgan fingerprint density at radius 3 is 1.19 bits per heavy atom. The summed E-state index contributed by atoms with van der Waals surface area (Å²) in [6.45, 7) is 27.8. The van der Waals surface area contributed by atoms with Gasteiger partial charge in [-0.25, -0.2) is 8.78 Å². The molecule has 2 aliphatic rings. The Morgan fingerprint density at radius 1 is 0.531 bits per heavy atom. The minimum Gasteiger partial charge on any atom is -0.481 e. The molecule has 2 amide bonds. The van der Waals surface area contributed by atoms with Crippen molar-refractivity contribution in [3.63, 3.8) is 0 Å². The Labute approximate surface area is 556 Å². The van der Waals surface area contributed by atoms with Crippen molar-refractivity contribution in [2.45, 2.75) is 178 Å². The summed E-state index contributed by atoms with van der Waals surface area (Å²) in [6, 6.07) is 10.7. The number of aromatic nitrogens is 2. The van der Waals surface area contributed by atoms with Gasteiger partial charge in [0.2, 0.25) is 11.8 Å². The molecule has 14 nitrogen and oxygen atoms in total. The lowest BCUT2D eigenvalue weighted by molar-refractivity contribution is -0.144. The van der Waals surface area contributed by atoms with Crippen molar-refractivity contribution in [2.24, 2.45) is 11.8 Å². The van der Waals surface area contributed by atoms with E-state index in [2.05, 4.69) is 10.6 Å². The number of hydrogen-bond acceptors (Lipinski definition) is 9. The van der Waals surface area contributed by atoms with Crippen LogP contribution in [0, 0.1) is 78.9 Å². The minimum atomic E-state index is -4.76. The summed E-state index contributed by atoms with van der Waals surface area (Å²) in [5.74, 6) is -5.07. The molecule has 2 aromatic heterocycles. The van der Waals surface area contributed by atoms with Crippen LogP contribution >= 0.6 is 0 Å². The van der Waals surface area contributed by atoms with Gasteiger partial charge in [-0.05, 0) is 230 Å². The van der Waals surface area contributed by atoms with Gasteiger partial charge >= 0.3 is 24.3 Å². The van der Waals surface area contributed by atoms with E-state index in [1.165, 1.54) is 6.07 Å². The van der Waals surface area contributed by atoms with Crippen LogP contribution in [0.4, 0.5) is 35.1 Å². The quantitative estimate of drug-likeness (QED) is 0.0370. The molecule has 4 heterocycles. The molecular formula is C74H90F8N6O8. The second-order valence-electron chi connectivity index (χ2n) is 26.8. The number of pyridine rings is 2. The van der Waals surface area contributed by atoms with E-state index in [-0.39, 0.29) is 71.9 Å². The number of benzene rings is 4. The Balaban J connectivity index is 0.000000271. The van der Waals surface area contributed by atoms with Crippen LogP contribution in [0.1, 0.15) is 175 Å². The monoisotopic (exact) mass is 1340 g/mol. The van der Waals surface area contributed by atoms with E-state index in [1.807, 2.05) is 89.5 Å². The van der Waals surface area contributed by atoms with Crippen LogP contribution in [0.15, 0.2) is 82.6 Å². The van der Waals surface area contributed by atoms with Gasteiger partial charge in [-0.2, -0.15) is 26.3 Å². The van der Waals surface area contributed by atoms with Gasteiger partial charge in [-0.1, -0.05) is 63.1 Å². The fourth-order valence-electron chi connectivity index (χ4n) is 13.2. The molecule has 0 radical (unpaired) electrons. The van der Waals surface area contributed by atoms with E-state index in [9.17, 15) is 60.2 Å². The van der Waals surface area contributed by atoms with E-state index in [1.54, 1.807) is 52.8 Å². The number of carboxylic acids is 1. The zero-order chi connectivity index (χ0) is 71.0. The number of amides is 2. The average Bonchev–Trinajstić information content (AvgIpc) is 0.799. The van der Waals surface area contributed by atoms with Gasteiger partial charge in [0.15, 0.2) is 0 Å². The van der Waals surface area contributed by atoms with Crippen LogP contribution < -0.4 is 21.8 Å². The van der Waals surface area contributed by atoms with E-state index in [4.69, 9.17) is 4.74 Å². The summed E-state index contributed by atoms with van der Waals surface area (Å²) in [7, 11) is 0. The zero-order valence-corrected chi connectivity index (χ0v) is 57.1. The molecule has 0 aliphatic carbocycles. The maximum atomic E-state index is 16.0. The molecule has 22 heteroatoms. The first-order valence-corrected chi connectivity index (χ1v) is 32.8. The first-order valence-electron chi connectivity index (χ1n) is 32.8. The number of rotatable bonds is 25. The van der Waals surface area contributed by atoms with E-state index >= 15 is 8.78 Å². The minimum absolute atomic E-state index is 0.0297. The predicted octanol–water partition coefficient (Wildman–Crippen LogP) is 14.6. The third kappa shape index (κ3) is 19.0. The lowest BCUT2D eigenvalue weighted by atomic mass is 9.89. The molecule has 0 bridgehead atoms. The number of esters is 1. The standard InChI is InChI=1S/C38H47F4N3O4.C36H43F4N3O4/c1-8-49-34(47)20-31(29-18-28(17-26(7)36(29)39)35-24(5)15-23(4)16-25(35)6)43-37(48)32(14-22(2)3)45-21-27(10-13-44-11-9-12-44)30(19-33(45)46)38(40,41)42;1-20(2)12-30(43-19-25(8-11-42-9-7-10-42)28(17-31(43)44)36(38,39)40)35(47)41-29(18-32(45)46)27-16-26(15-24(6)34(27)37)33-22(4)13-21(3)14-23(33)5/h15-19,21-22,31-32H,8-14,20H2,1-7H3,(H,43,48);13-17,19-20,29-30H,7-12,18H2,1-6H3,(H,41,47)(H,45,46)/t31-,32?;29-,30?/m00/s1. The van der Waals surface area contributed by atoms with Crippen LogP contribution in [0.5, 0.6) is 0 Å². The third-order valence-corrected chi connectivity index (χ3v) is 17.8. The number of ether oxygens (including phenoxy) is 1. The van der Waals surface area contributed by atoms with Gasteiger partial charge in [0, 0.05) is 48.7 Å². The number of nitrogens with zero attached hydrogens (tertiary/aromatic N) is 4. The summed E-state index contributed by atoms with van der Waals surface area (Å²) >= 11 is 0. The average molecular weight is 1340 g/mol. The number of aryl methyl sites for hydroxylation is 8. The second-order valence-corrected chi connectivity index (χ2v) is 26.8. The molecule has 8 rings (SSSR count). The number of nitrogens with one attached hydrogen (secondary N) is 2. The highest BCUT2D eigenvalue weighted by atomic mass is 19.4. The van der Waals surface area contributed by atoms with Crippen LogP contribution in [0.2, 0.25) is 0 Å². The van der Waals surface area contributed by atoms with E-state index < -0.39 is 107 Å². The summed E-state index contributed by atoms with van der Waals surface area (Å²) in [5, 5.41) is 15.3. The maximum absolute atomic E-state index is 16.0. The van der Waals surface area contributed by atoms with Crippen molar-refractivity contribution in [1.29, 1.82) is 0 Å². The number of hydrogen-bond donors (Lipinski definition) is 3. The van der Waals surface area contributed by atoms with Gasteiger partial charge < -0.3 is 39.4 Å². The van der Waals surface area contributed by atoms with Gasteiger partial charge in [0.05, 0.1) is 42.7 Å². The van der Waals surface area contributed by atoms with Gasteiger partial charge in [0.1, 0.15) is 23.7 Å². The molecule has 96 heavy (non-hydrogen) atoms. The smallest absolute Gasteiger partial charge is 0.416 e. The molecule has 2 fully saturated rings. The lowest BCUT2D eigenvalue weighted by Gasteiger charge is -2.31. The van der Waals surface area contributed by atoms with Crippen molar-refractivity contribution in [3.8, 4) is 22.3 Å². The number of likely N-dealkylation sites (tertiary alicyclic amines) is 2. The summed E-state index contributed by atoms with van der Waals surface area (Å²) < 4.78 is 123. The Kier molecular flexibility index (Phi) is 25.1. The highest BCUT2D eigenvalue weighted by molar-refractivity contribution is 5.83. The third-order valence-electron chi connectivity index (χ3n) is 17.8. The highest BCUT2D eigenvalue weighted by Crippen LogP contribution is 2.39. The largest absolute Gasteiger partial charge is 0.481 e. The van der Waals surface area contributed by atoms with Crippen LogP contribution in [-0.2, 0) is 49.1 Å². The number of carboxylic acid groups (broad SMARTS) is 1. The molecule has 520 valence electrons. The molecule has 3 N–H and O–H groups in total. The van der Waals surface area contributed by atoms with E-state index in [0.29, 0.717) is 41.9 Å². The zero-order valence-electron chi connectivity index (χ0n) is 57.1. The van der Waals surface area contributed by atoms with E-state index in [0.717, 1.165) is 105 Å². The summed E-state index contributed by atoms with van der Waals surface area (Å²) in [4.78, 5) is 83.6. The Bertz CT molecular complexity index is 3910. The summed E-state index contributed by atoms with van der Waals surface area (Å²) in [6.07, 6.45) is -6.12. The predicted molar refractivity (Wildman–Crippen MR) is 355 cm³/mol. The van der Waals surface area contributed by atoms with Crippen molar-refractivity contribution >= 4 is 23.8 Å². The van der Waals surface area contributed by atoms with Crippen LogP contribution in [0.25, 0.3) is 22.3 Å². The molecule has 2 aliphatic heterocycles. The molecule has 4 atom stereocenters. The highest BCUT2D eigenvalue weighted by Gasteiger charge is 2.39. The fourth-order valence-corrected chi connectivity index (χ4v) is 13.2. The topological polar surface area (TPSA) is 172 Å². The van der Waals surface area contributed by atoms with Crippen molar-refractivity contribution in [1.82, 2.24) is 29.6 Å². The van der Waals surface area contributed by atoms with Gasteiger partial charge in [0.25, 0.3) is 11.1 Å². The maximum Gasteiger partial charge on any atom is 0.416 e. The van der Waals surface area contributed by atoms with Crippen molar-refractivity contribution < 1.29 is 64.1 Å². The summed E-state index contributed by atoms with van der Waals surface area (Å²) in [5.41, 5.74) is 5.46. The molecule has 0 saturated carbocycles. The fraction of sp³-hybridized carbons (Fsp3) is 0.486. The number of carbonyl (C=O) groups is 4. The Morgan fingerprint density at radius 2 is 0.885 bits per heavy atom. The SMILES string of the molecule is CCOC(=O)C[C@H](NC(=O)C(CC(C)C)n1cc(CCN2CCC2)c(C(F)(F)F)cc1=O)c1cc(-c2c(C)cc(C)cc2C)cc(C)c1F.Cc1cc(C)c(-c2cc(C)c(F)c([C@H](CC(=O)O)NC(=O)C(CC(C)C)n3cc(CCN4CCC4)c(C(F)(F)F)cc3=O)c2)c(C)c1. The first-order chi connectivity index (χ1) is 44.9. The molecule has 6 aromatic rings. The first kappa shape index (κ1) is 75.4. The number of aliphatic carboxylic acids is 1. The van der Waals surface area contributed by atoms with Gasteiger partial charge in [-0.15, -0.1) is 0 Å². The van der Waals surface area contributed by atoms with Crippen LogP contribution in [0.3, 0.4) is 0 Å². The molecule has 2 saturated heterocycles. The molecule has 2 unspecified atom stereocenters. The Hall–Kier alpha value is -7.98. The number of carbonyl (C=O) groups excluding carboxylic acids is 3. The normalized spacial score (nSPS) is 14.9. The van der Waals surface area contributed by atoms with Crippen molar-refractivity contribution in [3.05, 3.63) is 183 Å². The second kappa shape index (κ2) is 31.9. The molecule has 4 aromatic carbocycles. The van der Waals surface area contributed by atoms with Crippen molar-refractivity contribution in [2.75, 3.05) is 45.9 Å². The van der Waals surface area contributed by atoms with Crippen LogP contribution in [-0.4, -0.2) is 93.7 Å². The molecular weight excluding hydrogens is 1250 g/mol. The number of alkyl halides is 6. The number of halogens is 8. The van der Waals surface area contributed by atoms with Gasteiger partial charge in [-0.3, -0.25) is 28.8 Å².